The van der Waals surface area contributed by atoms with Crippen molar-refractivity contribution in [2.75, 3.05) is 13.7 Å². The summed E-state index contributed by atoms with van der Waals surface area (Å²) in [5.74, 6) is 0.236. The van der Waals surface area contributed by atoms with Crippen LogP contribution >= 0.6 is 0 Å². The molecule has 0 atom stereocenters. The Morgan fingerprint density at radius 1 is 1.06 bits per heavy atom. The molecule has 0 fully saturated rings. The molecule has 0 radical (unpaired) electrons. The molecule has 164 valence electrons. The average molecular weight is 432 g/mol. The van der Waals surface area contributed by atoms with Crippen molar-refractivity contribution in [2.24, 2.45) is 0 Å². The number of hydrogen-bond donors (Lipinski definition) is 1. The minimum absolute atomic E-state index is 0.0806. The minimum atomic E-state index is -0.632. The van der Waals surface area contributed by atoms with Gasteiger partial charge >= 0.3 is 0 Å². The Morgan fingerprint density at radius 3 is 2.28 bits per heavy atom. The van der Waals surface area contributed by atoms with Crippen LogP contribution in [0.25, 0.3) is 0 Å². The van der Waals surface area contributed by atoms with Gasteiger partial charge in [-0.1, -0.05) is 29.8 Å². The summed E-state index contributed by atoms with van der Waals surface area (Å²) in [4.78, 5) is 25.6. The number of nitrogens with zero attached hydrogens (tertiary/aromatic N) is 2. The van der Waals surface area contributed by atoms with Gasteiger partial charge in [0.15, 0.2) is 6.61 Å². The summed E-state index contributed by atoms with van der Waals surface area (Å²) in [5, 5.41) is 20.3. The molecule has 2 aromatic carbocycles. The summed E-state index contributed by atoms with van der Waals surface area (Å²) in [6.07, 6.45) is 0.416. The highest BCUT2D eigenvalue weighted by Crippen LogP contribution is 2.23. The van der Waals surface area contributed by atoms with Gasteiger partial charge in [-0.25, -0.2) is 0 Å². The fourth-order valence-electron chi connectivity index (χ4n) is 3.38. The number of aryl methyl sites for hydroxylation is 2. The van der Waals surface area contributed by atoms with Gasteiger partial charge in [-0.3, -0.25) is 14.2 Å². The van der Waals surface area contributed by atoms with E-state index in [1.54, 1.807) is 31.4 Å². The van der Waals surface area contributed by atoms with Crippen molar-refractivity contribution < 1.29 is 19.4 Å². The first-order valence-corrected chi connectivity index (χ1v) is 10.1. The number of pyridine rings is 1. The van der Waals surface area contributed by atoms with E-state index in [1.807, 2.05) is 37.3 Å². The maximum absolute atomic E-state index is 12.9. The number of hydrogen-bond acceptors (Lipinski definition) is 6. The molecule has 7 nitrogen and oxygen atoms in total. The largest absolute Gasteiger partial charge is 0.497 e. The van der Waals surface area contributed by atoms with Crippen molar-refractivity contribution >= 4 is 5.78 Å². The van der Waals surface area contributed by atoms with E-state index in [0.717, 1.165) is 15.7 Å². The highest BCUT2D eigenvalue weighted by Gasteiger charge is 2.24. The first kappa shape index (κ1) is 22.6. The van der Waals surface area contributed by atoms with Crippen LogP contribution in [0.2, 0.25) is 0 Å². The van der Waals surface area contributed by atoms with E-state index in [0.29, 0.717) is 17.9 Å². The molecule has 0 spiro atoms. The van der Waals surface area contributed by atoms with Gasteiger partial charge in [-0.05, 0) is 55.7 Å². The zero-order valence-corrected chi connectivity index (χ0v) is 18.2. The Bertz CT molecular complexity index is 1220. The van der Waals surface area contributed by atoms with E-state index in [-0.39, 0.29) is 29.8 Å². The lowest BCUT2D eigenvalue weighted by Crippen LogP contribution is -2.28. The molecule has 3 aromatic rings. The number of ketones is 1. The maximum Gasteiger partial charge on any atom is 0.271 e. The Labute approximate surface area is 186 Å². The summed E-state index contributed by atoms with van der Waals surface area (Å²) in [5.41, 5.74) is 1.23. The van der Waals surface area contributed by atoms with Crippen molar-refractivity contribution in [1.29, 1.82) is 5.26 Å². The average Bonchev–Trinajstić information content (AvgIpc) is 2.79. The normalized spacial score (nSPS) is 10.4. The fourth-order valence-corrected chi connectivity index (χ4v) is 3.38. The molecule has 0 aliphatic carbocycles. The van der Waals surface area contributed by atoms with Gasteiger partial charge < -0.3 is 14.6 Å². The second kappa shape index (κ2) is 9.84. The predicted octanol–water partition coefficient (Wildman–Crippen LogP) is 3.56. The predicted molar refractivity (Wildman–Crippen MR) is 120 cm³/mol. The molecule has 1 N–H and O–H groups in total. The van der Waals surface area contributed by atoms with Crippen LogP contribution in [-0.2, 0) is 13.0 Å². The van der Waals surface area contributed by atoms with Gasteiger partial charge in [0.25, 0.3) is 5.56 Å². The van der Waals surface area contributed by atoms with Crippen LogP contribution < -0.4 is 15.0 Å². The Morgan fingerprint density at radius 2 is 1.69 bits per heavy atom. The minimum Gasteiger partial charge on any atom is -0.497 e. The first-order chi connectivity index (χ1) is 15.3. The summed E-state index contributed by atoms with van der Waals surface area (Å²) >= 11 is 0. The van der Waals surface area contributed by atoms with Crippen LogP contribution in [0.3, 0.4) is 0 Å². The molecular weight excluding hydrogens is 408 g/mol. The third-order valence-corrected chi connectivity index (χ3v) is 5.25. The van der Waals surface area contributed by atoms with Crippen molar-refractivity contribution in [3.8, 4) is 23.4 Å². The number of rotatable bonds is 8. The van der Waals surface area contributed by atoms with E-state index in [4.69, 9.17) is 9.47 Å². The summed E-state index contributed by atoms with van der Waals surface area (Å²) in [6, 6.07) is 16.4. The van der Waals surface area contributed by atoms with Crippen LogP contribution in [0, 0.1) is 25.2 Å². The van der Waals surface area contributed by atoms with Gasteiger partial charge in [-0.2, -0.15) is 5.26 Å². The molecule has 32 heavy (non-hydrogen) atoms. The van der Waals surface area contributed by atoms with E-state index < -0.39 is 17.2 Å². The number of benzene rings is 2. The topological polar surface area (TPSA) is 102 Å². The quantitative estimate of drug-likeness (QED) is 0.546. The SMILES string of the molecule is COc1ccc(CCn2c(O)c(C(=O)COc3ccc(C)cc3)c(C)c(C#N)c2=O)cc1. The second-order valence-corrected chi connectivity index (χ2v) is 7.39. The van der Waals surface area contributed by atoms with Crippen molar-refractivity contribution in [1.82, 2.24) is 4.57 Å². The zero-order valence-electron chi connectivity index (χ0n) is 18.2. The molecule has 0 saturated carbocycles. The lowest BCUT2D eigenvalue weighted by atomic mass is 10.0. The molecular formula is C25H24N2O5. The lowest BCUT2D eigenvalue weighted by molar-refractivity contribution is 0.0916. The molecule has 3 rings (SSSR count). The molecule has 0 bridgehead atoms. The number of ether oxygens (including phenoxy) is 2. The lowest BCUT2D eigenvalue weighted by Gasteiger charge is -2.16. The summed E-state index contributed by atoms with van der Waals surface area (Å²) < 4.78 is 11.7. The van der Waals surface area contributed by atoms with Gasteiger partial charge in [-0.15, -0.1) is 0 Å². The van der Waals surface area contributed by atoms with E-state index in [2.05, 4.69) is 0 Å². The molecule has 0 aliphatic heterocycles. The molecule has 1 heterocycles. The molecule has 7 heteroatoms. The first-order valence-electron chi connectivity index (χ1n) is 10.1. The van der Waals surface area contributed by atoms with Crippen molar-refractivity contribution in [2.45, 2.75) is 26.8 Å². The third-order valence-electron chi connectivity index (χ3n) is 5.25. The smallest absolute Gasteiger partial charge is 0.271 e. The third kappa shape index (κ3) is 4.81. The summed E-state index contributed by atoms with van der Waals surface area (Å²) in [7, 11) is 1.57. The summed E-state index contributed by atoms with van der Waals surface area (Å²) in [6.45, 7) is 3.19. The number of methoxy groups -OCH3 is 1. The van der Waals surface area contributed by atoms with E-state index in [1.165, 1.54) is 6.92 Å². The van der Waals surface area contributed by atoms with E-state index >= 15 is 0 Å². The number of carbonyl (C=O) groups is 1. The monoisotopic (exact) mass is 432 g/mol. The van der Waals surface area contributed by atoms with Gasteiger partial charge in [0, 0.05) is 6.54 Å². The van der Waals surface area contributed by atoms with E-state index in [9.17, 15) is 20.0 Å². The van der Waals surface area contributed by atoms with Crippen LogP contribution in [0.5, 0.6) is 17.4 Å². The fraction of sp³-hybridized carbons (Fsp3) is 0.240. The Balaban J connectivity index is 1.88. The maximum atomic E-state index is 12.9. The van der Waals surface area contributed by atoms with Gasteiger partial charge in [0.2, 0.25) is 11.7 Å². The van der Waals surface area contributed by atoms with Crippen LogP contribution in [0.1, 0.15) is 32.6 Å². The molecule has 0 saturated heterocycles. The zero-order chi connectivity index (χ0) is 23.3. The molecule has 0 amide bonds. The van der Waals surface area contributed by atoms with Crippen LogP contribution in [0.4, 0.5) is 0 Å². The van der Waals surface area contributed by atoms with Crippen LogP contribution in [-0.4, -0.2) is 29.2 Å². The molecule has 0 unspecified atom stereocenters. The highest BCUT2D eigenvalue weighted by molar-refractivity contribution is 6.01. The molecule has 1 aromatic heterocycles. The number of aromatic hydroxyl groups is 1. The number of carbonyl (C=O) groups excluding carboxylic acids is 1. The molecule has 0 aliphatic rings. The second-order valence-electron chi connectivity index (χ2n) is 7.39. The number of nitriles is 1. The van der Waals surface area contributed by atoms with Crippen molar-refractivity contribution in [3.05, 3.63) is 86.7 Å². The number of Topliss-reactive ketones (excluding diaryl/α,β-unsaturated/α-hetero) is 1. The standard InChI is InChI=1S/C25H24N2O5/c1-16-4-8-20(9-5-16)32-15-22(28)23-17(2)21(14-26)24(29)27(25(23)30)13-12-18-6-10-19(31-3)11-7-18/h4-11,30H,12-13,15H2,1-3H3. The van der Waals surface area contributed by atoms with Crippen LogP contribution in [0.15, 0.2) is 53.3 Å². The Hall–Kier alpha value is -4.05. The number of aromatic nitrogens is 1. The van der Waals surface area contributed by atoms with Crippen molar-refractivity contribution in [3.63, 3.8) is 0 Å². The van der Waals surface area contributed by atoms with Gasteiger partial charge in [0.05, 0.1) is 12.7 Å². The Kier molecular flexibility index (Phi) is 6.96. The highest BCUT2D eigenvalue weighted by atomic mass is 16.5. The van der Waals surface area contributed by atoms with Gasteiger partial charge in [0.1, 0.15) is 23.1 Å².